The molecule has 124 valence electrons. The lowest BCUT2D eigenvalue weighted by molar-refractivity contribution is 0.102. The Morgan fingerprint density at radius 1 is 1.16 bits per heavy atom. The summed E-state index contributed by atoms with van der Waals surface area (Å²) in [5, 5.41) is 9.16. The van der Waals surface area contributed by atoms with Gasteiger partial charge in [0, 0.05) is 24.3 Å². The van der Waals surface area contributed by atoms with Crippen molar-refractivity contribution in [2.75, 3.05) is 5.32 Å². The molecule has 0 fully saturated rings. The highest BCUT2D eigenvalue weighted by Crippen LogP contribution is 2.17. The number of aromatic amines is 1. The first-order chi connectivity index (χ1) is 12.3. The number of anilines is 1. The number of nitrogens with zero attached hydrogens (tertiary/aromatic N) is 3. The fourth-order valence-corrected chi connectivity index (χ4v) is 2.43. The Balaban J connectivity index is 1.37. The van der Waals surface area contributed by atoms with Crippen LogP contribution in [0.4, 0.5) is 5.69 Å². The molecule has 0 aliphatic carbocycles. The van der Waals surface area contributed by atoms with E-state index in [-0.39, 0.29) is 5.91 Å². The van der Waals surface area contributed by atoms with E-state index < -0.39 is 0 Å². The van der Waals surface area contributed by atoms with Crippen molar-refractivity contribution in [1.82, 2.24) is 19.6 Å². The lowest BCUT2D eigenvalue weighted by Gasteiger charge is -2.07. The second kappa shape index (κ2) is 6.48. The van der Waals surface area contributed by atoms with E-state index >= 15 is 0 Å². The Bertz CT molecular complexity index is 957. The van der Waals surface area contributed by atoms with Crippen molar-refractivity contribution >= 4 is 17.2 Å². The van der Waals surface area contributed by atoms with Crippen LogP contribution in [0.2, 0.25) is 0 Å². The highest BCUT2D eigenvalue weighted by Gasteiger charge is 2.07. The lowest BCUT2D eigenvalue weighted by atomic mass is 10.3. The highest BCUT2D eigenvalue weighted by atomic mass is 16.5. The van der Waals surface area contributed by atoms with Gasteiger partial charge in [-0.25, -0.2) is 4.98 Å². The Hall–Kier alpha value is -3.61. The molecular weight excluding hydrogens is 318 g/mol. The fourth-order valence-electron chi connectivity index (χ4n) is 2.43. The van der Waals surface area contributed by atoms with Crippen LogP contribution in [-0.4, -0.2) is 25.5 Å². The third-order valence-electron chi connectivity index (χ3n) is 3.66. The summed E-state index contributed by atoms with van der Waals surface area (Å²) in [5.41, 5.74) is 2.83. The standard InChI is InChI=1S/C18H15N5O2/c24-18(16-8-9-19-22-16)21-13-4-6-15(7-5-13)25-12-14-11-23-10-2-1-3-17(23)20-14/h1-11H,12H2,(H,19,22)(H,21,24). The normalized spacial score (nSPS) is 10.7. The Morgan fingerprint density at radius 2 is 2.04 bits per heavy atom. The molecule has 3 aromatic heterocycles. The summed E-state index contributed by atoms with van der Waals surface area (Å²) in [6.45, 7) is 0.377. The Labute approximate surface area is 143 Å². The van der Waals surface area contributed by atoms with Crippen molar-refractivity contribution < 1.29 is 9.53 Å². The molecule has 25 heavy (non-hydrogen) atoms. The van der Waals surface area contributed by atoms with E-state index in [1.165, 1.54) is 6.20 Å². The predicted molar refractivity (Wildman–Crippen MR) is 92.5 cm³/mol. The molecule has 0 spiro atoms. The molecule has 2 N–H and O–H groups in total. The number of H-pyrrole nitrogens is 1. The molecule has 7 heteroatoms. The number of carbonyl (C=O) groups is 1. The Kier molecular flexibility index (Phi) is 3.88. The van der Waals surface area contributed by atoms with Crippen LogP contribution in [0, 0.1) is 0 Å². The molecule has 7 nitrogen and oxygen atoms in total. The first kappa shape index (κ1) is 14.9. The Morgan fingerprint density at radius 3 is 2.80 bits per heavy atom. The number of imidazole rings is 1. The number of carbonyl (C=O) groups excluding carboxylic acids is 1. The van der Waals surface area contributed by atoms with Gasteiger partial charge in [0.05, 0.1) is 5.69 Å². The maximum absolute atomic E-state index is 11.9. The topological polar surface area (TPSA) is 84.3 Å². The quantitative estimate of drug-likeness (QED) is 0.588. The molecule has 0 saturated carbocycles. The number of ether oxygens (including phenoxy) is 1. The molecule has 1 aromatic carbocycles. The third kappa shape index (κ3) is 3.35. The van der Waals surface area contributed by atoms with Crippen molar-refractivity contribution in [3.8, 4) is 5.75 Å². The van der Waals surface area contributed by atoms with Gasteiger partial charge >= 0.3 is 0 Å². The molecule has 0 saturated heterocycles. The summed E-state index contributed by atoms with van der Waals surface area (Å²) >= 11 is 0. The molecule has 3 heterocycles. The van der Waals surface area contributed by atoms with Crippen LogP contribution >= 0.6 is 0 Å². The van der Waals surface area contributed by atoms with Gasteiger partial charge in [0.15, 0.2) is 0 Å². The molecular formula is C18H15N5O2. The smallest absolute Gasteiger partial charge is 0.273 e. The van der Waals surface area contributed by atoms with Crippen molar-refractivity contribution in [2.24, 2.45) is 0 Å². The first-order valence-electron chi connectivity index (χ1n) is 7.74. The fraction of sp³-hybridized carbons (Fsp3) is 0.0556. The lowest BCUT2D eigenvalue weighted by Crippen LogP contribution is -2.12. The average Bonchev–Trinajstić information content (AvgIpc) is 3.30. The highest BCUT2D eigenvalue weighted by molar-refractivity contribution is 6.02. The largest absolute Gasteiger partial charge is 0.487 e. The molecule has 0 radical (unpaired) electrons. The zero-order valence-electron chi connectivity index (χ0n) is 13.2. The zero-order chi connectivity index (χ0) is 17.1. The third-order valence-corrected chi connectivity index (χ3v) is 3.66. The van der Waals surface area contributed by atoms with Crippen LogP contribution in [0.5, 0.6) is 5.75 Å². The number of benzene rings is 1. The molecule has 0 atom stereocenters. The maximum Gasteiger partial charge on any atom is 0.273 e. The van der Waals surface area contributed by atoms with Crippen LogP contribution in [-0.2, 0) is 6.61 Å². The van der Waals surface area contributed by atoms with E-state index in [1.54, 1.807) is 30.3 Å². The molecule has 0 aliphatic rings. The molecule has 0 unspecified atom stereocenters. The SMILES string of the molecule is O=C(Nc1ccc(OCc2cn3ccccc3n2)cc1)c1ccn[nH]1. The number of hydrogen-bond acceptors (Lipinski definition) is 4. The second-order valence-electron chi connectivity index (χ2n) is 5.44. The van der Waals surface area contributed by atoms with E-state index in [1.807, 2.05) is 35.0 Å². The average molecular weight is 333 g/mol. The summed E-state index contributed by atoms with van der Waals surface area (Å²) in [6.07, 6.45) is 5.42. The van der Waals surface area contributed by atoms with Gasteiger partial charge in [0.2, 0.25) is 0 Å². The van der Waals surface area contributed by atoms with E-state index in [4.69, 9.17) is 4.74 Å². The van der Waals surface area contributed by atoms with Gasteiger partial charge in [0.1, 0.15) is 23.7 Å². The van der Waals surface area contributed by atoms with Crippen LogP contribution in [0.15, 0.2) is 67.1 Å². The number of amides is 1. The van der Waals surface area contributed by atoms with Gasteiger partial charge in [0.25, 0.3) is 5.91 Å². The van der Waals surface area contributed by atoms with Crippen molar-refractivity contribution in [2.45, 2.75) is 6.61 Å². The number of rotatable bonds is 5. The van der Waals surface area contributed by atoms with Crippen LogP contribution in [0.1, 0.15) is 16.2 Å². The number of fused-ring (bicyclic) bond motifs is 1. The summed E-state index contributed by atoms with van der Waals surface area (Å²) in [5.74, 6) is 0.465. The molecule has 4 rings (SSSR count). The number of pyridine rings is 1. The monoisotopic (exact) mass is 333 g/mol. The summed E-state index contributed by atoms with van der Waals surface area (Å²) < 4.78 is 7.70. The van der Waals surface area contributed by atoms with Gasteiger partial charge in [-0.1, -0.05) is 6.07 Å². The van der Waals surface area contributed by atoms with Crippen molar-refractivity contribution in [3.63, 3.8) is 0 Å². The summed E-state index contributed by atoms with van der Waals surface area (Å²) in [4.78, 5) is 16.4. The summed E-state index contributed by atoms with van der Waals surface area (Å²) in [7, 11) is 0. The summed E-state index contributed by atoms with van der Waals surface area (Å²) in [6, 6.07) is 14.6. The maximum atomic E-state index is 11.9. The van der Waals surface area contributed by atoms with Gasteiger partial charge in [-0.15, -0.1) is 0 Å². The molecule has 0 bridgehead atoms. The number of nitrogens with one attached hydrogen (secondary N) is 2. The first-order valence-corrected chi connectivity index (χ1v) is 7.74. The second-order valence-corrected chi connectivity index (χ2v) is 5.44. The van der Waals surface area contributed by atoms with Crippen LogP contribution in [0.25, 0.3) is 5.65 Å². The van der Waals surface area contributed by atoms with Gasteiger partial charge in [-0.3, -0.25) is 9.89 Å². The number of aromatic nitrogens is 4. The van der Waals surface area contributed by atoms with Crippen molar-refractivity contribution in [3.05, 3.63) is 78.5 Å². The minimum Gasteiger partial charge on any atom is -0.487 e. The minimum atomic E-state index is -0.240. The van der Waals surface area contributed by atoms with E-state index in [0.717, 1.165) is 11.3 Å². The zero-order valence-corrected chi connectivity index (χ0v) is 13.2. The minimum absolute atomic E-state index is 0.240. The molecule has 4 aromatic rings. The van der Waals surface area contributed by atoms with Gasteiger partial charge in [-0.05, 0) is 42.5 Å². The van der Waals surface area contributed by atoms with E-state index in [2.05, 4.69) is 20.5 Å². The van der Waals surface area contributed by atoms with Gasteiger partial charge in [-0.2, -0.15) is 5.10 Å². The van der Waals surface area contributed by atoms with Gasteiger partial charge < -0.3 is 14.5 Å². The molecule has 0 aliphatic heterocycles. The predicted octanol–water partition coefficient (Wildman–Crippen LogP) is 2.89. The van der Waals surface area contributed by atoms with E-state index in [0.29, 0.717) is 23.7 Å². The van der Waals surface area contributed by atoms with Crippen molar-refractivity contribution in [1.29, 1.82) is 0 Å². The van der Waals surface area contributed by atoms with Crippen LogP contribution < -0.4 is 10.1 Å². The van der Waals surface area contributed by atoms with Crippen LogP contribution in [0.3, 0.4) is 0 Å². The van der Waals surface area contributed by atoms with E-state index in [9.17, 15) is 4.79 Å². The molecule has 1 amide bonds. The number of hydrogen-bond donors (Lipinski definition) is 2.